The average molecular weight is 291 g/mol. The number of thioether (sulfide) groups is 1. The minimum Gasteiger partial charge on any atom is -0.349 e. The van der Waals surface area contributed by atoms with E-state index < -0.39 is 0 Å². The third-order valence-electron chi connectivity index (χ3n) is 3.92. The topological polar surface area (TPSA) is 62.3 Å². The van der Waals surface area contributed by atoms with Gasteiger partial charge in [-0.2, -0.15) is 0 Å². The van der Waals surface area contributed by atoms with Gasteiger partial charge in [-0.1, -0.05) is 6.07 Å². The molecule has 0 radical (unpaired) electrons. The smallest absolute Gasteiger partial charge is 0.244 e. The number of nitrogens with zero attached hydrogens (tertiary/aromatic N) is 2. The van der Waals surface area contributed by atoms with Crippen molar-refractivity contribution in [3.8, 4) is 0 Å². The molecule has 2 saturated heterocycles. The maximum absolute atomic E-state index is 12.3. The summed E-state index contributed by atoms with van der Waals surface area (Å²) in [4.78, 5) is 30.0. The second kappa shape index (κ2) is 5.09. The number of amides is 2. The van der Waals surface area contributed by atoms with Gasteiger partial charge in [0.05, 0.1) is 17.1 Å². The molecule has 2 fully saturated rings. The molecule has 2 aliphatic heterocycles. The highest BCUT2D eigenvalue weighted by Crippen LogP contribution is 2.47. The van der Waals surface area contributed by atoms with Crippen LogP contribution in [0.2, 0.25) is 0 Å². The number of aromatic nitrogens is 1. The molecule has 1 N–H and O–H groups in total. The number of pyridine rings is 1. The van der Waals surface area contributed by atoms with E-state index in [0.717, 1.165) is 12.1 Å². The zero-order chi connectivity index (χ0) is 14.2. The van der Waals surface area contributed by atoms with Crippen molar-refractivity contribution in [1.29, 1.82) is 0 Å². The Hall–Kier alpha value is -1.56. The summed E-state index contributed by atoms with van der Waals surface area (Å²) in [6.45, 7) is 2.45. The molecule has 0 saturated carbocycles. The van der Waals surface area contributed by atoms with Crippen molar-refractivity contribution in [2.24, 2.45) is 0 Å². The lowest BCUT2D eigenvalue weighted by atomic mass is 10.2. The van der Waals surface area contributed by atoms with E-state index in [9.17, 15) is 9.59 Å². The van der Waals surface area contributed by atoms with Gasteiger partial charge in [0.1, 0.15) is 6.04 Å². The first-order valence-electron chi connectivity index (χ1n) is 6.74. The molecule has 0 aliphatic carbocycles. The van der Waals surface area contributed by atoms with Crippen LogP contribution in [0.1, 0.15) is 25.5 Å². The predicted molar refractivity (Wildman–Crippen MR) is 76.8 cm³/mol. The number of fused-ring (bicyclic) bond motifs is 1. The lowest BCUT2D eigenvalue weighted by molar-refractivity contribution is -0.138. The first-order chi connectivity index (χ1) is 9.60. The van der Waals surface area contributed by atoms with Crippen molar-refractivity contribution in [1.82, 2.24) is 15.2 Å². The van der Waals surface area contributed by atoms with E-state index in [1.54, 1.807) is 22.9 Å². The van der Waals surface area contributed by atoms with E-state index in [-0.39, 0.29) is 22.7 Å². The Morgan fingerprint density at radius 3 is 3.20 bits per heavy atom. The lowest BCUT2D eigenvalue weighted by Crippen LogP contribution is -2.49. The predicted octanol–water partition coefficient (Wildman–Crippen LogP) is 1.15. The second-order valence-electron chi connectivity index (χ2n) is 5.30. The van der Waals surface area contributed by atoms with Gasteiger partial charge in [-0.05, 0) is 25.5 Å². The first kappa shape index (κ1) is 13.4. The van der Waals surface area contributed by atoms with Crippen molar-refractivity contribution in [3.05, 3.63) is 30.1 Å². The van der Waals surface area contributed by atoms with E-state index in [4.69, 9.17) is 0 Å². The van der Waals surface area contributed by atoms with Crippen LogP contribution in [0.25, 0.3) is 0 Å². The second-order valence-corrected chi connectivity index (χ2v) is 6.81. The van der Waals surface area contributed by atoms with Gasteiger partial charge in [0.2, 0.25) is 11.8 Å². The van der Waals surface area contributed by atoms with E-state index >= 15 is 0 Å². The van der Waals surface area contributed by atoms with Crippen LogP contribution in [0.5, 0.6) is 0 Å². The van der Waals surface area contributed by atoms with Gasteiger partial charge in [-0.3, -0.25) is 14.6 Å². The number of carbonyl (C=O) groups is 2. The molecular weight excluding hydrogens is 274 g/mol. The Labute approximate surface area is 122 Å². The van der Waals surface area contributed by atoms with E-state index in [1.165, 1.54) is 0 Å². The summed E-state index contributed by atoms with van der Waals surface area (Å²) in [5.41, 5.74) is 0.821. The SMILES string of the molecule is CC12CCC(=O)N1C(C(=O)NCc1ccccn1)CS2. The maximum Gasteiger partial charge on any atom is 0.244 e. The van der Waals surface area contributed by atoms with Crippen molar-refractivity contribution in [2.45, 2.75) is 37.2 Å². The molecule has 1 aromatic heterocycles. The Morgan fingerprint density at radius 1 is 1.60 bits per heavy atom. The van der Waals surface area contributed by atoms with Crippen LogP contribution >= 0.6 is 11.8 Å². The maximum atomic E-state index is 12.3. The number of rotatable bonds is 3. The summed E-state index contributed by atoms with van der Waals surface area (Å²) >= 11 is 1.71. The monoisotopic (exact) mass is 291 g/mol. The van der Waals surface area contributed by atoms with Crippen LogP contribution in [-0.4, -0.2) is 38.4 Å². The van der Waals surface area contributed by atoms with Crippen LogP contribution in [0.3, 0.4) is 0 Å². The molecule has 3 rings (SSSR count). The summed E-state index contributed by atoms with van der Waals surface area (Å²) in [5, 5.41) is 2.88. The molecule has 0 aromatic carbocycles. The van der Waals surface area contributed by atoms with Crippen LogP contribution in [0.4, 0.5) is 0 Å². The summed E-state index contributed by atoms with van der Waals surface area (Å²) < 4.78 is 0. The fourth-order valence-corrected chi connectivity index (χ4v) is 4.24. The van der Waals surface area contributed by atoms with Crippen molar-refractivity contribution >= 4 is 23.6 Å². The lowest BCUT2D eigenvalue weighted by Gasteiger charge is -2.29. The fourth-order valence-electron chi connectivity index (χ4n) is 2.81. The summed E-state index contributed by atoms with van der Waals surface area (Å²) in [5.74, 6) is 0.689. The standard InChI is InChI=1S/C14H17N3O2S/c1-14-6-5-12(18)17(14)11(9-20-14)13(19)16-8-10-4-2-3-7-15-10/h2-4,7,11H,5-6,8-9H2,1H3,(H,16,19). The Kier molecular flexibility index (Phi) is 3.41. The van der Waals surface area contributed by atoms with Gasteiger partial charge in [0.15, 0.2) is 0 Å². The van der Waals surface area contributed by atoms with Gasteiger partial charge in [0.25, 0.3) is 0 Å². The molecule has 2 unspecified atom stereocenters. The van der Waals surface area contributed by atoms with Crippen LogP contribution in [-0.2, 0) is 16.1 Å². The Morgan fingerprint density at radius 2 is 2.45 bits per heavy atom. The average Bonchev–Trinajstić information content (AvgIpc) is 2.95. The largest absolute Gasteiger partial charge is 0.349 e. The summed E-state index contributed by atoms with van der Waals surface area (Å²) in [6, 6.07) is 5.26. The number of carbonyl (C=O) groups excluding carboxylic acids is 2. The molecule has 0 spiro atoms. The first-order valence-corrected chi connectivity index (χ1v) is 7.72. The molecule has 6 heteroatoms. The summed E-state index contributed by atoms with van der Waals surface area (Å²) in [7, 11) is 0. The molecule has 3 heterocycles. The fraction of sp³-hybridized carbons (Fsp3) is 0.500. The van der Waals surface area contributed by atoms with Crippen molar-refractivity contribution in [3.63, 3.8) is 0 Å². The molecule has 1 aromatic rings. The highest BCUT2D eigenvalue weighted by atomic mass is 32.2. The van der Waals surface area contributed by atoms with Gasteiger partial charge >= 0.3 is 0 Å². The van der Waals surface area contributed by atoms with Gasteiger partial charge in [0, 0.05) is 18.4 Å². The van der Waals surface area contributed by atoms with Crippen LogP contribution in [0.15, 0.2) is 24.4 Å². The molecule has 5 nitrogen and oxygen atoms in total. The van der Waals surface area contributed by atoms with Crippen LogP contribution in [0, 0.1) is 0 Å². The van der Waals surface area contributed by atoms with Gasteiger partial charge in [-0.25, -0.2) is 0 Å². The van der Waals surface area contributed by atoms with Crippen molar-refractivity contribution in [2.75, 3.05) is 5.75 Å². The molecule has 2 atom stereocenters. The quantitative estimate of drug-likeness (QED) is 0.907. The van der Waals surface area contributed by atoms with E-state index in [0.29, 0.717) is 18.7 Å². The zero-order valence-corrected chi connectivity index (χ0v) is 12.2. The molecule has 20 heavy (non-hydrogen) atoms. The number of nitrogens with one attached hydrogen (secondary N) is 1. The molecule has 2 amide bonds. The Balaban J connectivity index is 1.65. The van der Waals surface area contributed by atoms with Gasteiger partial charge in [-0.15, -0.1) is 11.8 Å². The normalized spacial score (nSPS) is 28.6. The minimum absolute atomic E-state index is 0.0814. The zero-order valence-electron chi connectivity index (χ0n) is 11.3. The van der Waals surface area contributed by atoms with Gasteiger partial charge < -0.3 is 10.2 Å². The van der Waals surface area contributed by atoms with Crippen LogP contribution < -0.4 is 5.32 Å². The number of hydrogen-bond donors (Lipinski definition) is 1. The molecular formula is C14H17N3O2S. The molecule has 2 aliphatic rings. The third-order valence-corrected chi connectivity index (χ3v) is 5.42. The summed E-state index contributed by atoms with van der Waals surface area (Å²) in [6.07, 6.45) is 3.09. The van der Waals surface area contributed by atoms with E-state index in [1.807, 2.05) is 18.2 Å². The minimum atomic E-state index is -0.344. The third kappa shape index (κ3) is 2.28. The molecule has 0 bridgehead atoms. The molecule has 106 valence electrons. The highest BCUT2D eigenvalue weighted by Gasteiger charge is 2.52. The van der Waals surface area contributed by atoms with E-state index in [2.05, 4.69) is 17.2 Å². The number of hydrogen-bond acceptors (Lipinski definition) is 4. The highest BCUT2D eigenvalue weighted by molar-refractivity contribution is 8.01. The van der Waals surface area contributed by atoms with Crippen molar-refractivity contribution < 1.29 is 9.59 Å². The Bertz CT molecular complexity index is 536.